The number of amides is 1. The van der Waals surface area contributed by atoms with Crippen LogP contribution in [0.2, 0.25) is 0 Å². The molecule has 2 heterocycles. The Hall–Kier alpha value is -0.0400. The highest BCUT2D eigenvalue weighted by molar-refractivity contribution is 7.85. The smallest absolute Gasteiger partial charge is 0.237 e. The number of nitrogens with zero attached hydrogens (tertiary/aromatic N) is 2. The van der Waals surface area contributed by atoms with Gasteiger partial charge in [0.2, 0.25) is 5.91 Å². The maximum atomic E-state index is 13.3. The van der Waals surface area contributed by atoms with Crippen LogP contribution in [0.15, 0.2) is 19.6 Å². The van der Waals surface area contributed by atoms with Gasteiger partial charge in [-0.25, -0.2) is 8.51 Å². The first-order valence-corrected chi connectivity index (χ1v) is 12.5. The van der Waals surface area contributed by atoms with E-state index in [0.29, 0.717) is 52.1 Å². The fraction of sp³-hybridized carbons (Fsp3) is 0.611. The Labute approximate surface area is 196 Å². The lowest BCUT2D eigenvalue weighted by Gasteiger charge is -2.42. The molecule has 162 valence electrons. The number of rotatable bonds is 5. The number of nitrogens with one attached hydrogen (secondary N) is 1. The lowest BCUT2D eigenvalue weighted by molar-refractivity contribution is -0.121. The van der Waals surface area contributed by atoms with Crippen molar-refractivity contribution in [1.82, 2.24) is 9.62 Å². The van der Waals surface area contributed by atoms with Gasteiger partial charge in [0.05, 0.1) is 5.69 Å². The van der Waals surface area contributed by atoms with Gasteiger partial charge < -0.3 is 16.0 Å². The monoisotopic (exact) mass is 492 g/mol. The number of piperazine rings is 1. The zero-order valence-electron chi connectivity index (χ0n) is 16.3. The third-order valence-corrected chi connectivity index (χ3v) is 10.1. The van der Waals surface area contributed by atoms with Crippen LogP contribution in [-0.2, 0) is 22.2 Å². The van der Waals surface area contributed by atoms with Crippen LogP contribution < -0.4 is 16.0 Å². The standard InChI is InChI=1S/C18H28N4O2S5/c1-2-11-13(25)15(27)12(16(28)14(11)26)21-7-9-22(10-8-21)29(24)18(17(19)23)3-5-20-6-4-18/h20,25-28H,2-10H2,1H3,(H2,19,23). The molecule has 0 bridgehead atoms. The van der Waals surface area contributed by atoms with Crippen LogP contribution >= 0.6 is 50.5 Å². The maximum Gasteiger partial charge on any atom is 0.237 e. The third-order valence-electron chi connectivity index (χ3n) is 5.81. The Kier molecular flexibility index (Phi) is 7.84. The minimum atomic E-state index is -1.45. The Bertz CT molecular complexity index is 792. The van der Waals surface area contributed by atoms with Crippen molar-refractivity contribution in [1.29, 1.82) is 0 Å². The Morgan fingerprint density at radius 2 is 1.55 bits per heavy atom. The number of piperidine rings is 1. The first kappa shape index (κ1) is 23.6. The van der Waals surface area contributed by atoms with Crippen molar-refractivity contribution in [3.8, 4) is 0 Å². The highest BCUT2D eigenvalue weighted by Crippen LogP contribution is 2.43. The van der Waals surface area contributed by atoms with Crippen molar-refractivity contribution in [2.75, 3.05) is 44.2 Å². The molecule has 11 heteroatoms. The number of benzene rings is 1. The summed E-state index contributed by atoms with van der Waals surface area (Å²) >= 11 is 18.7. The summed E-state index contributed by atoms with van der Waals surface area (Å²) in [5.41, 5.74) is 7.63. The Morgan fingerprint density at radius 1 is 1.03 bits per heavy atom. The fourth-order valence-electron chi connectivity index (χ4n) is 4.03. The van der Waals surface area contributed by atoms with E-state index in [1.165, 1.54) is 0 Å². The summed E-state index contributed by atoms with van der Waals surface area (Å²) in [5.74, 6) is -0.468. The molecule has 0 spiro atoms. The zero-order chi connectivity index (χ0) is 21.3. The molecule has 0 saturated carbocycles. The molecule has 2 aliphatic rings. The molecule has 0 aliphatic carbocycles. The van der Waals surface area contributed by atoms with Gasteiger partial charge in [0.15, 0.2) is 0 Å². The van der Waals surface area contributed by atoms with E-state index in [0.717, 1.165) is 37.3 Å². The van der Waals surface area contributed by atoms with Crippen LogP contribution in [0.3, 0.4) is 0 Å². The van der Waals surface area contributed by atoms with Gasteiger partial charge >= 0.3 is 0 Å². The van der Waals surface area contributed by atoms with Crippen molar-refractivity contribution in [3.63, 3.8) is 0 Å². The van der Waals surface area contributed by atoms with Gasteiger partial charge in [-0.3, -0.25) is 4.79 Å². The van der Waals surface area contributed by atoms with Gasteiger partial charge in [0, 0.05) is 45.8 Å². The van der Waals surface area contributed by atoms with Crippen LogP contribution in [0.25, 0.3) is 0 Å². The molecule has 2 fully saturated rings. The van der Waals surface area contributed by atoms with Gasteiger partial charge in [-0.05, 0) is 37.9 Å². The summed E-state index contributed by atoms with van der Waals surface area (Å²) in [4.78, 5) is 17.6. The largest absolute Gasteiger partial charge is 0.368 e. The normalized spacial score (nSPS) is 21.2. The topological polar surface area (TPSA) is 78.7 Å². The lowest BCUT2D eigenvalue weighted by Crippen LogP contribution is -2.60. The third kappa shape index (κ3) is 4.33. The summed E-state index contributed by atoms with van der Waals surface area (Å²) in [5, 5.41) is 3.21. The molecule has 1 aromatic carbocycles. The molecular formula is C18H28N4O2S5. The molecule has 2 aliphatic heterocycles. The van der Waals surface area contributed by atoms with E-state index in [1.807, 2.05) is 4.31 Å². The number of nitrogens with two attached hydrogens (primary N) is 1. The molecular weight excluding hydrogens is 465 g/mol. The number of carbonyl (C=O) groups excluding carboxylic acids is 1. The van der Waals surface area contributed by atoms with E-state index in [-0.39, 0.29) is 0 Å². The second-order valence-electron chi connectivity index (χ2n) is 7.35. The van der Waals surface area contributed by atoms with Gasteiger partial charge in [-0.2, -0.15) is 0 Å². The predicted octanol–water partition coefficient (Wildman–Crippen LogP) is 1.80. The van der Waals surface area contributed by atoms with Crippen molar-refractivity contribution in [2.24, 2.45) is 5.73 Å². The first-order chi connectivity index (χ1) is 13.7. The number of thiol groups is 4. The van der Waals surface area contributed by atoms with Crippen molar-refractivity contribution in [2.45, 2.75) is 50.5 Å². The molecule has 0 aromatic heterocycles. The summed E-state index contributed by atoms with van der Waals surface area (Å²) in [6, 6.07) is 0. The molecule has 1 aromatic rings. The van der Waals surface area contributed by atoms with Gasteiger partial charge in [-0.1, -0.05) is 6.92 Å². The minimum Gasteiger partial charge on any atom is -0.368 e. The summed E-state index contributed by atoms with van der Waals surface area (Å²) in [7, 11) is -1.45. The summed E-state index contributed by atoms with van der Waals surface area (Å²) in [6.45, 7) is 5.78. The number of primary amides is 1. The Balaban J connectivity index is 1.79. The van der Waals surface area contributed by atoms with Gasteiger partial charge in [0.1, 0.15) is 15.7 Å². The fourth-order valence-corrected chi connectivity index (χ4v) is 7.45. The average molecular weight is 493 g/mol. The van der Waals surface area contributed by atoms with Crippen LogP contribution in [0, 0.1) is 0 Å². The molecule has 6 nitrogen and oxygen atoms in total. The van der Waals surface area contributed by atoms with Gasteiger partial charge in [0.25, 0.3) is 0 Å². The van der Waals surface area contributed by atoms with E-state index < -0.39 is 21.6 Å². The van der Waals surface area contributed by atoms with Crippen LogP contribution in [-0.4, -0.2) is 58.4 Å². The highest BCUT2D eigenvalue weighted by atomic mass is 32.2. The molecule has 0 radical (unpaired) electrons. The second kappa shape index (κ2) is 9.62. The quantitative estimate of drug-likeness (QED) is 0.354. The number of hydrogen-bond donors (Lipinski definition) is 6. The van der Waals surface area contributed by atoms with Crippen LogP contribution in [0.1, 0.15) is 25.3 Å². The molecule has 1 unspecified atom stereocenters. The number of hydrogen-bond acceptors (Lipinski definition) is 8. The van der Waals surface area contributed by atoms with Crippen molar-refractivity contribution in [3.05, 3.63) is 5.56 Å². The predicted molar refractivity (Wildman–Crippen MR) is 131 cm³/mol. The van der Waals surface area contributed by atoms with E-state index in [1.54, 1.807) is 0 Å². The van der Waals surface area contributed by atoms with E-state index in [9.17, 15) is 9.00 Å². The maximum absolute atomic E-state index is 13.3. The first-order valence-electron chi connectivity index (χ1n) is 9.65. The summed E-state index contributed by atoms with van der Waals surface area (Å²) < 4.78 is 14.2. The van der Waals surface area contributed by atoms with E-state index in [2.05, 4.69) is 42.4 Å². The van der Waals surface area contributed by atoms with E-state index in [4.69, 9.17) is 31.0 Å². The molecule has 1 atom stereocenters. The number of anilines is 1. The zero-order valence-corrected chi connectivity index (χ0v) is 20.7. The van der Waals surface area contributed by atoms with E-state index >= 15 is 0 Å². The SMILES string of the molecule is CCc1c(S)c(S)c(N2CCN(S(=O)C3(C(N)=O)CCNCC3)CC2)c(S)c1S. The number of carbonyl (C=O) groups is 1. The highest BCUT2D eigenvalue weighted by Gasteiger charge is 2.47. The lowest BCUT2D eigenvalue weighted by atomic mass is 9.96. The average Bonchev–Trinajstić information content (AvgIpc) is 2.73. The molecule has 3 N–H and O–H groups in total. The molecule has 1 amide bonds. The van der Waals surface area contributed by atoms with Crippen LogP contribution in [0.4, 0.5) is 5.69 Å². The summed E-state index contributed by atoms with van der Waals surface area (Å²) in [6.07, 6.45) is 1.80. The van der Waals surface area contributed by atoms with Crippen molar-refractivity contribution < 1.29 is 9.00 Å². The van der Waals surface area contributed by atoms with Crippen LogP contribution in [0.5, 0.6) is 0 Å². The second-order valence-corrected chi connectivity index (χ2v) is 10.9. The molecule has 2 saturated heterocycles. The van der Waals surface area contributed by atoms with Crippen molar-refractivity contribution >= 4 is 73.1 Å². The molecule has 3 rings (SSSR count). The molecule has 29 heavy (non-hydrogen) atoms. The minimum absolute atomic E-state index is 0.468. The van der Waals surface area contributed by atoms with Gasteiger partial charge in [-0.15, -0.1) is 50.5 Å². The Morgan fingerprint density at radius 3 is 2.00 bits per heavy atom.